The van der Waals surface area contributed by atoms with E-state index in [4.69, 9.17) is 4.99 Å². The van der Waals surface area contributed by atoms with Crippen LogP contribution in [0.5, 0.6) is 5.75 Å². The van der Waals surface area contributed by atoms with Gasteiger partial charge in [0.15, 0.2) is 5.82 Å². The number of aromatic hydroxyl groups is 1. The Hall–Kier alpha value is -3.46. The normalized spacial score (nSPS) is 14.8. The van der Waals surface area contributed by atoms with Crippen molar-refractivity contribution in [1.29, 1.82) is 0 Å². The van der Waals surface area contributed by atoms with Gasteiger partial charge in [-0.15, -0.1) is 10.2 Å². The first-order valence-corrected chi connectivity index (χ1v) is 9.63. The first-order valence-electron chi connectivity index (χ1n) is 8.64. The molecule has 3 aromatic heterocycles. The maximum absolute atomic E-state index is 10.0. The highest BCUT2D eigenvalue weighted by molar-refractivity contribution is 7.99. The van der Waals surface area contributed by atoms with Crippen molar-refractivity contribution >= 4 is 28.5 Å². The van der Waals surface area contributed by atoms with E-state index in [1.165, 1.54) is 0 Å². The lowest BCUT2D eigenvalue weighted by Gasteiger charge is -2.19. The van der Waals surface area contributed by atoms with Gasteiger partial charge in [-0.25, -0.2) is 4.68 Å². The number of hydrogen-bond acceptors (Lipinski definition) is 7. The molecule has 0 spiro atoms. The summed E-state index contributed by atoms with van der Waals surface area (Å²) in [5, 5.41) is 20.2. The Morgan fingerprint density at radius 3 is 2.89 bits per heavy atom. The molecule has 0 bridgehead atoms. The largest absolute Gasteiger partial charge is 0.506 e. The Morgan fingerprint density at radius 2 is 2.00 bits per heavy atom. The summed E-state index contributed by atoms with van der Waals surface area (Å²) in [4.78, 5) is 13.0. The van der Waals surface area contributed by atoms with Crippen LogP contribution >= 0.6 is 11.8 Å². The summed E-state index contributed by atoms with van der Waals surface area (Å²) in [7, 11) is 0. The van der Waals surface area contributed by atoms with E-state index >= 15 is 0 Å². The first-order chi connectivity index (χ1) is 13.8. The van der Waals surface area contributed by atoms with E-state index in [-0.39, 0.29) is 5.75 Å². The molecule has 9 heteroatoms. The molecule has 1 aliphatic rings. The number of nitrogens with one attached hydrogen (secondary N) is 1. The van der Waals surface area contributed by atoms with Crippen molar-refractivity contribution in [3.63, 3.8) is 0 Å². The summed E-state index contributed by atoms with van der Waals surface area (Å²) in [6.45, 7) is 0.480. The van der Waals surface area contributed by atoms with Gasteiger partial charge >= 0.3 is 0 Å². The molecule has 28 heavy (non-hydrogen) atoms. The minimum atomic E-state index is 0.175. The molecule has 5 rings (SSSR count). The van der Waals surface area contributed by atoms with Crippen LogP contribution in [0.4, 0.5) is 0 Å². The zero-order valence-corrected chi connectivity index (χ0v) is 15.5. The summed E-state index contributed by atoms with van der Waals surface area (Å²) in [5.41, 5.74) is 5.83. The van der Waals surface area contributed by atoms with Gasteiger partial charge in [-0.1, -0.05) is 23.9 Å². The SMILES string of the molecule is Oc1ccc(CN=C2CSc3nnc(-c4ccncc4)n3N2)c2cccnc12. The third-order valence-corrected chi connectivity index (χ3v) is 5.37. The molecule has 0 atom stereocenters. The van der Waals surface area contributed by atoms with E-state index in [1.807, 2.05) is 35.0 Å². The van der Waals surface area contributed by atoms with Gasteiger partial charge < -0.3 is 5.11 Å². The van der Waals surface area contributed by atoms with E-state index in [1.54, 1.807) is 36.4 Å². The van der Waals surface area contributed by atoms with Gasteiger partial charge in [0.1, 0.15) is 17.1 Å². The van der Waals surface area contributed by atoms with Crippen LogP contribution in [0, 0.1) is 0 Å². The number of phenols is 1. The van der Waals surface area contributed by atoms with Crippen molar-refractivity contribution in [3.8, 4) is 17.1 Å². The Kier molecular flexibility index (Phi) is 4.13. The van der Waals surface area contributed by atoms with Crippen LogP contribution in [-0.2, 0) is 6.54 Å². The number of pyridine rings is 2. The van der Waals surface area contributed by atoms with Crippen molar-refractivity contribution in [3.05, 3.63) is 60.6 Å². The number of aromatic nitrogens is 5. The van der Waals surface area contributed by atoms with Gasteiger partial charge in [-0.2, -0.15) is 0 Å². The van der Waals surface area contributed by atoms with E-state index in [0.29, 0.717) is 17.8 Å². The number of benzene rings is 1. The Balaban J connectivity index is 1.44. The second-order valence-electron chi connectivity index (χ2n) is 6.18. The third-order valence-electron chi connectivity index (χ3n) is 4.43. The number of amidine groups is 1. The molecule has 0 unspecified atom stereocenters. The average Bonchev–Trinajstić information content (AvgIpc) is 3.17. The molecule has 0 aliphatic carbocycles. The predicted octanol–water partition coefficient (Wildman–Crippen LogP) is 2.84. The number of phenolic OH excluding ortho intramolecular Hbond substituents is 1. The van der Waals surface area contributed by atoms with Crippen LogP contribution in [0.15, 0.2) is 65.1 Å². The van der Waals surface area contributed by atoms with E-state index in [2.05, 4.69) is 25.6 Å². The fraction of sp³-hybridized carbons (Fsp3) is 0.105. The zero-order valence-electron chi connectivity index (χ0n) is 14.6. The zero-order chi connectivity index (χ0) is 18.9. The predicted molar refractivity (Wildman–Crippen MR) is 108 cm³/mol. The van der Waals surface area contributed by atoms with Gasteiger partial charge in [0.2, 0.25) is 5.16 Å². The summed E-state index contributed by atoms with van der Waals surface area (Å²) in [5.74, 6) is 2.41. The second-order valence-corrected chi connectivity index (χ2v) is 7.13. The average molecular weight is 389 g/mol. The number of thioether (sulfide) groups is 1. The maximum atomic E-state index is 10.0. The van der Waals surface area contributed by atoms with Crippen LogP contribution in [0.2, 0.25) is 0 Å². The molecule has 0 fully saturated rings. The highest BCUT2D eigenvalue weighted by atomic mass is 32.2. The van der Waals surface area contributed by atoms with E-state index in [9.17, 15) is 5.11 Å². The van der Waals surface area contributed by atoms with Crippen molar-refractivity contribution in [2.75, 3.05) is 11.2 Å². The molecule has 0 amide bonds. The molecule has 8 nitrogen and oxygen atoms in total. The Labute approximate surface area is 164 Å². The van der Waals surface area contributed by atoms with Crippen LogP contribution in [0.25, 0.3) is 22.3 Å². The van der Waals surface area contributed by atoms with Crippen LogP contribution < -0.4 is 5.43 Å². The second kappa shape index (κ2) is 6.93. The topological polar surface area (TPSA) is 101 Å². The van der Waals surface area contributed by atoms with Crippen LogP contribution in [-0.4, -0.2) is 41.5 Å². The molecule has 1 aliphatic heterocycles. The van der Waals surface area contributed by atoms with Gasteiger partial charge in [0.25, 0.3) is 0 Å². The van der Waals surface area contributed by atoms with E-state index < -0.39 is 0 Å². The lowest BCUT2D eigenvalue weighted by molar-refractivity contribution is 0.480. The molecular weight excluding hydrogens is 374 g/mol. The van der Waals surface area contributed by atoms with E-state index in [0.717, 1.165) is 33.3 Å². The molecule has 0 saturated heterocycles. The van der Waals surface area contributed by atoms with Crippen LogP contribution in [0.1, 0.15) is 5.56 Å². The highest BCUT2D eigenvalue weighted by Crippen LogP contribution is 2.27. The molecule has 0 saturated carbocycles. The van der Waals surface area contributed by atoms with Gasteiger partial charge in [0, 0.05) is 29.5 Å². The molecule has 4 heterocycles. The minimum absolute atomic E-state index is 0.175. The van der Waals surface area contributed by atoms with Crippen LogP contribution in [0.3, 0.4) is 0 Å². The molecule has 138 valence electrons. The first kappa shape index (κ1) is 16.7. The lowest BCUT2D eigenvalue weighted by Crippen LogP contribution is -2.30. The monoisotopic (exact) mass is 389 g/mol. The number of rotatable bonds is 3. The van der Waals surface area contributed by atoms with Crippen molar-refractivity contribution in [2.45, 2.75) is 11.7 Å². The smallest absolute Gasteiger partial charge is 0.211 e. The highest BCUT2D eigenvalue weighted by Gasteiger charge is 2.20. The molecule has 0 radical (unpaired) electrons. The molecule has 1 aromatic carbocycles. The number of hydrogen-bond donors (Lipinski definition) is 2. The Bertz CT molecular complexity index is 1190. The molecular formula is C19H15N7OS. The number of nitrogens with zero attached hydrogens (tertiary/aromatic N) is 6. The third kappa shape index (κ3) is 2.95. The fourth-order valence-electron chi connectivity index (χ4n) is 3.06. The van der Waals surface area contributed by atoms with Gasteiger partial charge in [-0.05, 0) is 29.8 Å². The number of aliphatic imine (C=N–C) groups is 1. The summed E-state index contributed by atoms with van der Waals surface area (Å²) in [6.07, 6.45) is 5.13. The van der Waals surface area contributed by atoms with Crippen molar-refractivity contribution < 1.29 is 5.11 Å². The van der Waals surface area contributed by atoms with Gasteiger partial charge in [-0.3, -0.25) is 20.4 Å². The lowest BCUT2D eigenvalue weighted by atomic mass is 10.1. The van der Waals surface area contributed by atoms with Gasteiger partial charge in [0.05, 0.1) is 12.3 Å². The standard InChI is InChI=1S/C19H15N7OS/c27-15-4-3-13(14-2-1-7-21-17(14)15)10-22-16-11-28-19-24-23-18(26(19)25-16)12-5-8-20-9-6-12/h1-9,27H,10-11H2,(H,22,25). The quantitative estimate of drug-likeness (QED) is 0.555. The molecule has 2 N–H and O–H groups in total. The molecule has 4 aromatic rings. The summed E-state index contributed by atoms with van der Waals surface area (Å²) in [6, 6.07) is 11.1. The van der Waals surface area contributed by atoms with Crippen molar-refractivity contribution in [1.82, 2.24) is 24.8 Å². The van der Waals surface area contributed by atoms with Crippen molar-refractivity contribution in [2.24, 2.45) is 4.99 Å². The summed E-state index contributed by atoms with van der Waals surface area (Å²) < 4.78 is 1.85. The number of fused-ring (bicyclic) bond motifs is 2. The maximum Gasteiger partial charge on any atom is 0.211 e. The fourth-order valence-corrected chi connectivity index (χ4v) is 3.84. The Morgan fingerprint density at radius 1 is 1.11 bits per heavy atom. The minimum Gasteiger partial charge on any atom is -0.506 e. The summed E-state index contributed by atoms with van der Waals surface area (Å²) >= 11 is 1.58.